The maximum atomic E-state index is 13.0. The van der Waals surface area contributed by atoms with Crippen LogP contribution in [0.3, 0.4) is 0 Å². The van der Waals surface area contributed by atoms with Crippen LogP contribution in [-0.2, 0) is 11.3 Å². The molecule has 0 bridgehead atoms. The van der Waals surface area contributed by atoms with Gasteiger partial charge in [-0.25, -0.2) is 0 Å². The lowest BCUT2D eigenvalue weighted by molar-refractivity contribution is -0.384. The number of para-hydroxylation sites is 2. The third-order valence-electron chi connectivity index (χ3n) is 5.93. The zero-order valence-corrected chi connectivity index (χ0v) is 17.2. The quantitative estimate of drug-likeness (QED) is 0.555. The van der Waals surface area contributed by atoms with Crippen LogP contribution in [0.2, 0.25) is 0 Å². The lowest BCUT2D eigenvalue weighted by Crippen LogP contribution is -2.51. The summed E-state index contributed by atoms with van der Waals surface area (Å²) in [6.07, 6.45) is 1.50. The summed E-state index contributed by atoms with van der Waals surface area (Å²) < 4.78 is 0. The van der Waals surface area contributed by atoms with Gasteiger partial charge in [0, 0.05) is 57.8 Å². The predicted molar refractivity (Wildman–Crippen MR) is 114 cm³/mol. The van der Waals surface area contributed by atoms with E-state index in [-0.39, 0.29) is 22.4 Å². The van der Waals surface area contributed by atoms with Gasteiger partial charge in [0.2, 0.25) is 5.91 Å². The maximum Gasteiger partial charge on any atom is 0.292 e. The molecule has 1 aromatic carbocycles. The van der Waals surface area contributed by atoms with Crippen LogP contribution in [0.4, 0.5) is 11.4 Å². The predicted octanol–water partition coefficient (Wildman–Crippen LogP) is 3.22. The van der Waals surface area contributed by atoms with Gasteiger partial charge in [-0.1, -0.05) is 12.1 Å². The van der Waals surface area contributed by atoms with Gasteiger partial charge in [-0.15, -0.1) is 0 Å². The molecular weight excluding hydrogens is 388 g/mol. The fourth-order valence-electron chi connectivity index (χ4n) is 4.28. The van der Waals surface area contributed by atoms with Crippen molar-refractivity contribution in [1.82, 2.24) is 9.80 Å². The molecule has 154 valence electrons. The molecule has 2 aliphatic heterocycles. The summed E-state index contributed by atoms with van der Waals surface area (Å²) in [7, 11) is 0. The average molecular weight is 415 g/mol. The number of carbonyl (C=O) groups is 1. The van der Waals surface area contributed by atoms with Crippen LogP contribution < -0.4 is 4.90 Å². The number of hydrogen-bond donors (Lipinski definition) is 0. The zero-order chi connectivity index (χ0) is 20.2. The van der Waals surface area contributed by atoms with E-state index in [4.69, 9.17) is 0 Å². The smallest absolute Gasteiger partial charge is 0.292 e. The summed E-state index contributed by atoms with van der Waals surface area (Å²) in [5, 5.41) is 15.6. The molecule has 0 saturated carbocycles. The second-order valence-electron chi connectivity index (χ2n) is 7.74. The third-order valence-corrected chi connectivity index (χ3v) is 6.67. The fourth-order valence-corrected chi connectivity index (χ4v) is 4.94. The van der Waals surface area contributed by atoms with Crippen LogP contribution in [0.15, 0.2) is 41.1 Å². The first-order chi connectivity index (χ1) is 14.1. The van der Waals surface area contributed by atoms with E-state index in [1.807, 2.05) is 15.9 Å². The Hall–Kier alpha value is -2.45. The molecule has 8 heteroatoms. The minimum absolute atomic E-state index is 0.0254. The van der Waals surface area contributed by atoms with Crippen LogP contribution in [0, 0.1) is 16.0 Å². The van der Waals surface area contributed by atoms with Crippen molar-refractivity contribution in [2.24, 2.45) is 5.92 Å². The van der Waals surface area contributed by atoms with Gasteiger partial charge in [0.15, 0.2) is 0 Å². The molecule has 2 saturated heterocycles. The molecule has 7 nitrogen and oxygen atoms in total. The monoisotopic (exact) mass is 414 g/mol. The van der Waals surface area contributed by atoms with E-state index in [1.54, 1.807) is 29.5 Å². The van der Waals surface area contributed by atoms with Crippen molar-refractivity contribution in [3.05, 3.63) is 56.8 Å². The molecule has 2 aliphatic rings. The molecule has 2 aromatic rings. The van der Waals surface area contributed by atoms with E-state index in [9.17, 15) is 14.9 Å². The Kier molecular flexibility index (Phi) is 6.10. The molecule has 2 fully saturated rings. The number of piperidine rings is 1. The van der Waals surface area contributed by atoms with Crippen molar-refractivity contribution in [3.8, 4) is 0 Å². The lowest BCUT2D eigenvalue weighted by atomic mass is 9.94. The standard InChI is InChI=1S/C21H26N4O3S/c26-21(24-12-10-22(11-13-24)15-17-7-14-29-16-17)18-5-8-23(9-6-18)19-3-1-2-4-20(19)25(27)28/h1-4,7,14,16,18H,5-6,8-13,15H2. The zero-order valence-electron chi connectivity index (χ0n) is 16.4. The van der Waals surface area contributed by atoms with E-state index >= 15 is 0 Å². The van der Waals surface area contributed by atoms with Gasteiger partial charge in [-0.2, -0.15) is 11.3 Å². The third kappa shape index (κ3) is 4.59. The minimum atomic E-state index is -0.331. The number of rotatable bonds is 5. The number of nitro benzene ring substituents is 1. The van der Waals surface area contributed by atoms with Crippen LogP contribution in [0.1, 0.15) is 18.4 Å². The van der Waals surface area contributed by atoms with Gasteiger partial charge < -0.3 is 9.80 Å². The first-order valence-corrected chi connectivity index (χ1v) is 11.1. The minimum Gasteiger partial charge on any atom is -0.366 e. The Bertz CT molecular complexity index is 841. The lowest BCUT2D eigenvalue weighted by Gasteiger charge is -2.39. The van der Waals surface area contributed by atoms with E-state index in [1.165, 1.54) is 5.56 Å². The molecule has 0 radical (unpaired) electrons. The summed E-state index contributed by atoms with van der Waals surface area (Å²) in [4.78, 5) is 30.4. The van der Waals surface area contributed by atoms with Crippen LogP contribution in [0.25, 0.3) is 0 Å². The number of amides is 1. The van der Waals surface area contributed by atoms with E-state index in [0.29, 0.717) is 18.8 Å². The van der Waals surface area contributed by atoms with E-state index in [2.05, 4.69) is 21.7 Å². The number of hydrogen-bond acceptors (Lipinski definition) is 6. The molecule has 29 heavy (non-hydrogen) atoms. The maximum absolute atomic E-state index is 13.0. The second-order valence-corrected chi connectivity index (χ2v) is 8.52. The van der Waals surface area contributed by atoms with Crippen LogP contribution in [0.5, 0.6) is 0 Å². The molecule has 0 spiro atoms. The highest BCUT2D eigenvalue weighted by Crippen LogP contribution is 2.31. The number of carbonyl (C=O) groups excluding carboxylic acids is 1. The molecule has 3 heterocycles. The fraction of sp³-hybridized carbons (Fsp3) is 0.476. The van der Waals surface area contributed by atoms with E-state index in [0.717, 1.165) is 45.6 Å². The first kappa shape index (κ1) is 19.8. The van der Waals surface area contributed by atoms with Gasteiger partial charge >= 0.3 is 0 Å². The Morgan fingerprint density at radius 2 is 1.79 bits per heavy atom. The van der Waals surface area contributed by atoms with Gasteiger partial charge in [0.25, 0.3) is 5.69 Å². The Morgan fingerprint density at radius 3 is 2.45 bits per heavy atom. The second kappa shape index (κ2) is 8.92. The van der Waals surface area contributed by atoms with Gasteiger partial charge in [-0.3, -0.25) is 19.8 Å². The van der Waals surface area contributed by atoms with Crippen LogP contribution in [-0.4, -0.2) is 59.9 Å². The summed E-state index contributed by atoms with van der Waals surface area (Å²) in [5.74, 6) is 0.278. The van der Waals surface area contributed by atoms with Crippen molar-refractivity contribution in [2.45, 2.75) is 19.4 Å². The Balaban J connectivity index is 1.28. The molecule has 0 unspecified atom stereocenters. The summed E-state index contributed by atoms with van der Waals surface area (Å²) >= 11 is 1.72. The molecule has 0 aliphatic carbocycles. The highest BCUT2D eigenvalue weighted by atomic mass is 32.1. The van der Waals surface area contributed by atoms with Crippen molar-refractivity contribution in [3.63, 3.8) is 0 Å². The van der Waals surface area contributed by atoms with Crippen LogP contribution >= 0.6 is 11.3 Å². The number of benzene rings is 1. The van der Waals surface area contributed by atoms with Gasteiger partial charge in [0.05, 0.1) is 4.92 Å². The molecular formula is C21H26N4O3S. The van der Waals surface area contributed by atoms with Crippen molar-refractivity contribution >= 4 is 28.6 Å². The number of nitro groups is 1. The number of piperazine rings is 1. The topological polar surface area (TPSA) is 69.9 Å². The van der Waals surface area contributed by atoms with Crippen molar-refractivity contribution in [1.29, 1.82) is 0 Å². The molecule has 1 aromatic heterocycles. The highest BCUT2D eigenvalue weighted by molar-refractivity contribution is 7.07. The first-order valence-electron chi connectivity index (χ1n) is 10.1. The van der Waals surface area contributed by atoms with Crippen molar-refractivity contribution < 1.29 is 9.72 Å². The van der Waals surface area contributed by atoms with Gasteiger partial charge in [0.1, 0.15) is 5.69 Å². The summed E-state index contributed by atoms with van der Waals surface area (Å²) in [6.45, 7) is 5.71. The van der Waals surface area contributed by atoms with Gasteiger partial charge in [-0.05, 0) is 41.3 Å². The number of thiophene rings is 1. The largest absolute Gasteiger partial charge is 0.366 e. The number of nitrogens with zero attached hydrogens (tertiary/aromatic N) is 4. The number of anilines is 1. The van der Waals surface area contributed by atoms with E-state index < -0.39 is 0 Å². The van der Waals surface area contributed by atoms with Crippen molar-refractivity contribution in [2.75, 3.05) is 44.2 Å². The summed E-state index contributed by atoms with van der Waals surface area (Å²) in [5.41, 5.74) is 2.14. The SMILES string of the molecule is O=C(C1CCN(c2ccccc2[N+](=O)[O-])CC1)N1CCN(Cc2ccsc2)CC1. The average Bonchev–Trinajstić information content (AvgIpc) is 3.27. The molecule has 0 N–H and O–H groups in total. The highest BCUT2D eigenvalue weighted by Gasteiger charge is 2.31. The summed E-state index contributed by atoms with van der Waals surface area (Å²) in [6, 6.07) is 9.02. The molecule has 0 atom stereocenters. The normalized spacial score (nSPS) is 18.8. The molecule has 1 amide bonds. The Labute approximate surface area is 174 Å². The Morgan fingerprint density at radius 1 is 1.07 bits per heavy atom. The molecule has 4 rings (SSSR count).